The topological polar surface area (TPSA) is 60.5 Å². The normalized spacial score (nSPS) is 23.3. The number of nitrogens with zero attached hydrogens (tertiary/aromatic N) is 1. The standard InChI is InChI=1S/C14H17ClF2N2O3/c1-3-22-13(20)9-7-18-12(15)5-10(9)19-8-4-11(21-2)14(16,17)6-8/h5,7-8,11H,3-4,6H2,1-2H3,(H,18,19). The van der Waals surface area contributed by atoms with Gasteiger partial charge in [0.2, 0.25) is 0 Å². The lowest BCUT2D eigenvalue weighted by Gasteiger charge is -2.16. The molecule has 2 rings (SSSR count). The van der Waals surface area contributed by atoms with Crippen molar-refractivity contribution < 1.29 is 23.0 Å². The molecule has 1 saturated carbocycles. The number of ether oxygens (including phenoxy) is 2. The number of aromatic nitrogens is 1. The Labute approximate surface area is 132 Å². The number of methoxy groups -OCH3 is 1. The van der Waals surface area contributed by atoms with Crippen LogP contribution in [-0.4, -0.2) is 42.7 Å². The Bertz CT molecular complexity index is 557. The summed E-state index contributed by atoms with van der Waals surface area (Å²) in [5.74, 6) is -3.49. The molecular weight excluding hydrogens is 318 g/mol. The summed E-state index contributed by atoms with van der Waals surface area (Å²) in [6.07, 6.45) is -0.128. The first-order valence-corrected chi connectivity index (χ1v) is 7.25. The second kappa shape index (κ2) is 6.75. The van der Waals surface area contributed by atoms with E-state index in [2.05, 4.69) is 10.3 Å². The van der Waals surface area contributed by atoms with Crippen molar-refractivity contribution in [3.05, 3.63) is 23.0 Å². The maximum absolute atomic E-state index is 13.7. The van der Waals surface area contributed by atoms with Crippen molar-refractivity contribution >= 4 is 23.3 Å². The van der Waals surface area contributed by atoms with Crippen molar-refractivity contribution in [3.63, 3.8) is 0 Å². The van der Waals surface area contributed by atoms with Gasteiger partial charge in [-0.1, -0.05) is 11.6 Å². The fraction of sp³-hybridized carbons (Fsp3) is 0.571. The molecule has 0 spiro atoms. The van der Waals surface area contributed by atoms with Gasteiger partial charge in [-0.25, -0.2) is 18.6 Å². The predicted octanol–water partition coefficient (Wildman–Crippen LogP) is 3.14. The van der Waals surface area contributed by atoms with Crippen molar-refractivity contribution in [2.45, 2.75) is 37.8 Å². The van der Waals surface area contributed by atoms with E-state index < -0.39 is 24.0 Å². The van der Waals surface area contributed by atoms with Crippen molar-refractivity contribution in [3.8, 4) is 0 Å². The number of hydrogen-bond acceptors (Lipinski definition) is 5. The summed E-state index contributed by atoms with van der Waals surface area (Å²) < 4.78 is 37.2. The lowest BCUT2D eigenvalue weighted by Crippen LogP contribution is -2.28. The lowest BCUT2D eigenvalue weighted by atomic mass is 10.2. The molecule has 2 unspecified atom stereocenters. The fourth-order valence-corrected chi connectivity index (χ4v) is 2.65. The summed E-state index contributed by atoms with van der Waals surface area (Å²) in [5.41, 5.74) is 0.492. The lowest BCUT2D eigenvalue weighted by molar-refractivity contribution is -0.102. The number of pyridine rings is 1. The highest BCUT2D eigenvalue weighted by Gasteiger charge is 2.49. The minimum Gasteiger partial charge on any atom is -0.462 e. The molecule has 0 saturated heterocycles. The van der Waals surface area contributed by atoms with E-state index in [-0.39, 0.29) is 30.2 Å². The van der Waals surface area contributed by atoms with E-state index in [4.69, 9.17) is 21.1 Å². The molecule has 1 aromatic heterocycles. The van der Waals surface area contributed by atoms with Crippen LogP contribution in [0, 0.1) is 0 Å². The summed E-state index contributed by atoms with van der Waals surface area (Å²) in [6.45, 7) is 1.88. The van der Waals surface area contributed by atoms with Gasteiger partial charge < -0.3 is 14.8 Å². The van der Waals surface area contributed by atoms with Crippen molar-refractivity contribution in [1.82, 2.24) is 4.98 Å². The molecule has 1 aromatic rings. The Morgan fingerprint density at radius 2 is 2.32 bits per heavy atom. The third-order valence-electron chi connectivity index (χ3n) is 3.50. The largest absolute Gasteiger partial charge is 0.462 e. The molecule has 0 amide bonds. The van der Waals surface area contributed by atoms with Crippen LogP contribution in [0.3, 0.4) is 0 Å². The fourth-order valence-electron chi connectivity index (χ4n) is 2.49. The smallest absolute Gasteiger partial charge is 0.341 e. The molecular formula is C14H17ClF2N2O3. The first kappa shape index (κ1) is 16.9. The van der Waals surface area contributed by atoms with Crippen LogP contribution in [0.25, 0.3) is 0 Å². The zero-order chi connectivity index (χ0) is 16.3. The second-order valence-corrected chi connectivity index (χ2v) is 5.43. The molecule has 1 fully saturated rings. The number of hydrogen-bond donors (Lipinski definition) is 1. The third-order valence-corrected chi connectivity index (χ3v) is 3.70. The van der Waals surface area contributed by atoms with Crippen molar-refractivity contribution in [2.75, 3.05) is 19.0 Å². The number of carbonyl (C=O) groups excluding carboxylic acids is 1. The average Bonchev–Trinajstić information content (AvgIpc) is 2.72. The zero-order valence-corrected chi connectivity index (χ0v) is 13.0. The van der Waals surface area contributed by atoms with Gasteiger partial charge in [-0.2, -0.15) is 0 Å². The van der Waals surface area contributed by atoms with Gasteiger partial charge in [-0.3, -0.25) is 0 Å². The summed E-state index contributed by atoms with van der Waals surface area (Å²) in [7, 11) is 1.26. The van der Waals surface area contributed by atoms with E-state index >= 15 is 0 Å². The Morgan fingerprint density at radius 1 is 1.59 bits per heavy atom. The molecule has 1 heterocycles. The van der Waals surface area contributed by atoms with Crippen LogP contribution < -0.4 is 5.32 Å². The highest BCUT2D eigenvalue weighted by molar-refractivity contribution is 6.29. The molecule has 1 N–H and O–H groups in total. The van der Waals surface area contributed by atoms with Gasteiger partial charge in [0, 0.05) is 25.8 Å². The van der Waals surface area contributed by atoms with Gasteiger partial charge in [0.15, 0.2) is 0 Å². The predicted molar refractivity (Wildman–Crippen MR) is 77.6 cm³/mol. The number of anilines is 1. The number of nitrogens with one attached hydrogen (secondary N) is 1. The van der Waals surface area contributed by atoms with Crippen LogP contribution in [-0.2, 0) is 9.47 Å². The van der Waals surface area contributed by atoms with Crippen LogP contribution in [0.2, 0.25) is 5.15 Å². The minimum absolute atomic E-state index is 0.131. The third kappa shape index (κ3) is 3.64. The van der Waals surface area contributed by atoms with Crippen LogP contribution in [0.1, 0.15) is 30.1 Å². The van der Waals surface area contributed by atoms with E-state index in [1.54, 1.807) is 6.92 Å². The zero-order valence-electron chi connectivity index (χ0n) is 12.2. The Kier molecular flexibility index (Phi) is 5.18. The Balaban J connectivity index is 2.19. The van der Waals surface area contributed by atoms with Crippen molar-refractivity contribution in [2.24, 2.45) is 0 Å². The first-order valence-electron chi connectivity index (χ1n) is 6.87. The van der Waals surface area contributed by atoms with Gasteiger partial charge in [-0.05, 0) is 19.4 Å². The van der Waals surface area contributed by atoms with Crippen molar-refractivity contribution in [1.29, 1.82) is 0 Å². The molecule has 2 atom stereocenters. The maximum atomic E-state index is 13.7. The van der Waals surface area contributed by atoms with E-state index in [0.29, 0.717) is 5.69 Å². The quantitative estimate of drug-likeness (QED) is 0.662. The molecule has 5 nitrogen and oxygen atoms in total. The molecule has 0 radical (unpaired) electrons. The summed E-state index contributed by atoms with van der Waals surface area (Å²) in [6, 6.07) is 0.887. The summed E-state index contributed by atoms with van der Waals surface area (Å²) >= 11 is 5.82. The molecule has 122 valence electrons. The Hall–Kier alpha value is -1.47. The Morgan fingerprint density at radius 3 is 2.91 bits per heavy atom. The minimum atomic E-state index is -2.91. The van der Waals surface area contributed by atoms with Gasteiger partial charge >= 0.3 is 5.97 Å². The highest BCUT2D eigenvalue weighted by Crippen LogP contribution is 2.39. The number of carbonyl (C=O) groups is 1. The van der Waals surface area contributed by atoms with Gasteiger partial charge in [0.1, 0.15) is 16.8 Å². The molecule has 1 aliphatic carbocycles. The second-order valence-electron chi connectivity index (χ2n) is 5.04. The molecule has 22 heavy (non-hydrogen) atoms. The van der Waals surface area contributed by atoms with Crippen LogP contribution >= 0.6 is 11.6 Å². The van der Waals surface area contributed by atoms with E-state index in [1.165, 1.54) is 19.4 Å². The molecule has 0 aliphatic heterocycles. The van der Waals surface area contributed by atoms with E-state index in [0.717, 1.165) is 0 Å². The van der Waals surface area contributed by atoms with Crippen LogP contribution in [0.4, 0.5) is 14.5 Å². The summed E-state index contributed by atoms with van der Waals surface area (Å²) in [4.78, 5) is 15.7. The number of halogens is 3. The molecule has 8 heteroatoms. The van der Waals surface area contributed by atoms with Gasteiger partial charge in [0.05, 0.1) is 12.3 Å². The number of esters is 1. The van der Waals surface area contributed by atoms with Crippen LogP contribution in [0.15, 0.2) is 12.3 Å². The molecule has 1 aliphatic rings. The van der Waals surface area contributed by atoms with Gasteiger partial charge in [-0.15, -0.1) is 0 Å². The SMILES string of the molecule is CCOC(=O)c1cnc(Cl)cc1NC1CC(OC)C(F)(F)C1. The first-order chi connectivity index (χ1) is 10.4. The maximum Gasteiger partial charge on any atom is 0.341 e. The molecule has 0 bridgehead atoms. The number of alkyl halides is 2. The monoisotopic (exact) mass is 334 g/mol. The van der Waals surface area contributed by atoms with Crippen LogP contribution in [0.5, 0.6) is 0 Å². The van der Waals surface area contributed by atoms with E-state index in [1.807, 2.05) is 0 Å². The summed E-state index contributed by atoms with van der Waals surface area (Å²) in [5, 5.41) is 3.08. The number of rotatable bonds is 5. The average molecular weight is 335 g/mol. The highest BCUT2D eigenvalue weighted by atomic mass is 35.5. The van der Waals surface area contributed by atoms with E-state index in [9.17, 15) is 13.6 Å². The van der Waals surface area contributed by atoms with Gasteiger partial charge in [0.25, 0.3) is 5.92 Å². The molecule has 0 aromatic carbocycles.